The van der Waals surface area contributed by atoms with Crippen molar-refractivity contribution in [3.05, 3.63) is 54.1 Å². The Labute approximate surface area is 118 Å². The summed E-state index contributed by atoms with van der Waals surface area (Å²) in [5.41, 5.74) is 1.75. The zero-order valence-corrected chi connectivity index (χ0v) is 11.6. The minimum Gasteiger partial charge on any atom is -0.423 e. The predicted molar refractivity (Wildman–Crippen MR) is 78.3 cm³/mol. The number of rotatable bonds is 4. The minimum atomic E-state index is -3.68. The van der Waals surface area contributed by atoms with E-state index in [1.807, 2.05) is 19.1 Å². The molecule has 3 N–H and O–H groups in total. The van der Waals surface area contributed by atoms with Crippen LogP contribution in [0.3, 0.4) is 0 Å². The first kappa shape index (κ1) is 14.6. The van der Waals surface area contributed by atoms with E-state index >= 15 is 0 Å². The summed E-state index contributed by atoms with van der Waals surface area (Å²) in [5.74, 6) is 0. The van der Waals surface area contributed by atoms with Crippen LogP contribution in [0.25, 0.3) is 0 Å². The van der Waals surface area contributed by atoms with E-state index in [1.165, 1.54) is 24.3 Å². The van der Waals surface area contributed by atoms with Gasteiger partial charge in [0.1, 0.15) is 0 Å². The smallest absolute Gasteiger partial charge is 0.423 e. The molecule has 2 rings (SSSR count). The molecule has 2 aromatic carbocycles. The molecule has 0 unspecified atom stereocenters. The molecule has 104 valence electrons. The summed E-state index contributed by atoms with van der Waals surface area (Å²) >= 11 is 0. The molecule has 20 heavy (non-hydrogen) atoms. The Morgan fingerprint density at radius 2 is 1.50 bits per heavy atom. The predicted octanol–water partition coefficient (Wildman–Crippen LogP) is 0.476. The van der Waals surface area contributed by atoms with E-state index in [-0.39, 0.29) is 10.4 Å². The molecule has 0 bridgehead atoms. The largest absolute Gasteiger partial charge is 0.488 e. The molecular weight excluding hydrogens is 277 g/mol. The van der Waals surface area contributed by atoms with Gasteiger partial charge in [-0.05, 0) is 36.7 Å². The Kier molecular flexibility index (Phi) is 4.13. The van der Waals surface area contributed by atoms with Gasteiger partial charge in [0.2, 0.25) is 0 Å². The summed E-state index contributed by atoms with van der Waals surface area (Å²) < 4.78 is 26.7. The maximum atomic E-state index is 12.1. The zero-order chi connectivity index (χ0) is 14.8. The van der Waals surface area contributed by atoms with Gasteiger partial charge in [-0.15, -0.1) is 0 Å². The van der Waals surface area contributed by atoms with Crippen molar-refractivity contribution in [2.45, 2.75) is 11.8 Å². The molecule has 0 heterocycles. The highest BCUT2D eigenvalue weighted by Crippen LogP contribution is 2.15. The van der Waals surface area contributed by atoms with Crippen molar-refractivity contribution < 1.29 is 18.5 Å². The van der Waals surface area contributed by atoms with Gasteiger partial charge < -0.3 is 10.0 Å². The lowest BCUT2D eigenvalue weighted by Gasteiger charge is -2.09. The standard InChI is InChI=1S/C13H14BNO4S/c1-10-2-6-12(7-3-10)15-20(18,19)13-8-4-11(5-9-13)14(16)17/h2-9,15-17H,1H3. The second-order valence-electron chi connectivity index (χ2n) is 4.41. The first-order valence-electron chi connectivity index (χ1n) is 5.94. The van der Waals surface area contributed by atoms with Crippen LogP contribution in [0.5, 0.6) is 0 Å². The second-order valence-corrected chi connectivity index (χ2v) is 6.10. The quantitative estimate of drug-likeness (QED) is 0.715. The Balaban J connectivity index is 2.23. The van der Waals surface area contributed by atoms with Gasteiger partial charge in [-0.2, -0.15) is 0 Å². The Morgan fingerprint density at radius 3 is 2.00 bits per heavy atom. The van der Waals surface area contributed by atoms with Crippen LogP contribution in [0, 0.1) is 6.92 Å². The van der Waals surface area contributed by atoms with Crippen molar-refractivity contribution in [3.8, 4) is 0 Å². The summed E-state index contributed by atoms with van der Waals surface area (Å²) in [6.45, 7) is 1.91. The minimum absolute atomic E-state index is 0.0578. The van der Waals surface area contributed by atoms with E-state index in [2.05, 4.69) is 4.72 Å². The number of benzene rings is 2. The average Bonchev–Trinajstić information content (AvgIpc) is 2.41. The highest BCUT2D eigenvalue weighted by Gasteiger charge is 2.16. The monoisotopic (exact) mass is 291 g/mol. The van der Waals surface area contributed by atoms with Gasteiger partial charge in [-0.3, -0.25) is 4.72 Å². The number of hydrogen-bond acceptors (Lipinski definition) is 4. The van der Waals surface area contributed by atoms with E-state index in [9.17, 15) is 8.42 Å². The van der Waals surface area contributed by atoms with Gasteiger partial charge in [0.15, 0.2) is 0 Å². The van der Waals surface area contributed by atoms with Crippen molar-refractivity contribution >= 4 is 28.3 Å². The molecule has 5 nitrogen and oxygen atoms in total. The van der Waals surface area contributed by atoms with Crippen molar-refractivity contribution in [1.29, 1.82) is 0 Å². The summed E-state index contributed by atoms with van der Waals surface area (Å²) in [5, 5.41) is 17.9. The van der Waals surface area contributed by atoms with E-state index in [4.69, 9.17) is 10.0 Å². The molecule has 0 atom stereocenters. The van der Waals surface area contributed by atoms with Crippen LogP contribution >= 0.6 is 0 Å². The maximum Gasteiger partial charge on any atom is 0.488 e. The topological polar surface area (TPSA) is 86.6 Å². The van der Waals surface area contributed by atoms with Crippen LogP contribution < -0.4 is 10.2 Å². The average molecular weight is 291 g/mol. The highest BCUT2D eigenvalue weighted by atomic mass is 32.2. The van der Waals surface area contributed by atoms with Gasteiger partial charge in [0, 0.05) is 5.69 Å². The van der Waals surface area contributed by atoms with Crippen molar-refractivity contribution in [1.82, 2.24) is 0 Å². The van der Waals surface area contributed by atoms with Gasteiger partial charge in [0.05, 0.1) is 4.90 Å². The summed E-state index contributed by atoms with van der Waals surface area (Å²) in [4.78, 5) is 0.0578. The lowest BCUT2D eigenvalue weighted by atomic mass is 9.81. The molecule has 2 aromatic rings. The zero-order valence-electron chi connectivity index (χ0n) is 10.8. The number of sulfonamides is 1. The molecule has 0 saturated carbocycles. The third-order valence-electron chi connectivity index (χ3n) is 2.79. The van der Waals surface area contributed by atoms with E-state index < -0.39 is 17.1 Å². The molecule has 0 spiro atoms. The van der Waals surface area contributed by atoms with E-state index in [0.717, 1.165) is 5.56 Å². The first-order valence-corrected chi connectivity index (χ1v) is 7.42. The molecule has 0 aliphatic rings. The fourth-order valence-electron chi connectivity index (χ4n) is 1.65. The van der Waals surface area contributed by atoms with E-state index in [1.54, 1.807) is 12.1 Å². The fourth-order valence-corrected chi connectivity index (χ4v) is 2.71. The fraction of sp³-hybridized carbons (Fsp3) is 0.0769. The highest BCUT2D eigenvalue weighted by molar-refractivity contribution is 7.92. The second kappa shape index (κ2) is 5.66. The summed E-state index contributed by atoms with van der Waals surface area (Å²) in [6, 6.07) is 12.3. The van der Waals surface area contributed by atoms with Crippen molar-refractivity contribution in [2.24, 2.45) is 0 Å². The summed E-state index contributed by atoms with van der Waals surface area (Å²) in [7, 11) is -5.30. The number of anilines is 1. The molecule has 0 aliphatic carbocycles. The number of hydrogen-bond donors (Lipinski definition) is 3. The molecule has 0 radical (unpaired) electrons. The molecule has 7 heteroatoms. The van der Waals surface area contributed by atoms with Crippen molar-refractivity contribution in [3.63, 3.8) is 0 Å². The Hall–Kier alpha value is -1.83. The lowest BCUT2D eigenvalue weighted by molar-refractivity contribution is 0.425. The normalized spacial score (nSPS) is 11.2. The molecule has 0 saturated heterocycles. The third-order valence-corrected chi connectivity index (χ3v) is 4.19. The van der Waals surface area contributed by atoms with Gasteiger partial charge in [-0.25, -0.2) is 8.42 Å². The SMILES string of the molecule is Cc1ccc(NS(=O)(=O)c2ccc(B(O)O)cc2)cc1. The molecule has 0 amide bonds. The number of nitrogens with one attached hydrogen (secondary N) is 1. The van der Waals surface area contributed by atoms with Gasteiger partial charge in [0.25, 0.3) is 10.0 Å². The van der Waals surface area contributed by atoms with Crippen LogP contribution in [0.2, 0.25) is 0 Å². The molecule has 0 fully saturated rings. The molecular formula is C13H14BNO4S. The van der Waals surface area contributed by atoms with Crippen molar-refractivity contribution in [2.75, 3.05) is 4.72 Å². The number of aryl methyl sites for hydroxylation is 1. The molecule has 0 aliphatic heterocycles. The van der Waals surface area contributed by atoms with Crippen LogP contribution in [0.15, 0.2) is 53.4 Å². The van der Waals surface area contributed by atoms with E-state index in [0.29, 0.717) is 5.69 Å². The Bertz CT molecular complexity index is 681. The Morgan fingerprint density at radius 1 is 0.950 bits per heavy atom. The van der Waals surface area contributed by atoms with Crippen LogP contribution in [0.4, 0.5) is 5.69 Å². The maximum absolute atomic E-state index is 12.1. The lowest BCUT2D eigenvalue weighted by Crippen LogP contribution is -2.29. The van der Waals surface area contributed by atoms with Crippen LogP contribution in [0.1, 0.15) is 5.56 Å². The summed E-state index contributed by atoms with van der Waals surface area (Å²) in [6.07, 6.45) is 0. The van der Waals surface area contributed by atoms with Crippen LogP contribution in [-0.4, -0.2) is 25.6 Å². The van der Waals surface area contributed by atoms with Crippen LogP contribution in [-0.2, 0) is 10.0 Å². The third kappa shape index (κ3) is 3.38. The van der Waals surface area contributed by atoms with Gasteiger partial charge >= 0.3 is 7.12 Å². The molecule has 0 aromatic heterocycles. The van der Waals surface area contributed by atoms with Gasteiger partial charge in [-0.1, -0.05) is 29.8 Å². The first-order chi connectivity index (χ1) is 9.38.